The topological polar surface area (TPSA) is 96.2 Å². The van der Waals surface area contributed by atoms with E-state index >= 15 is 0 Å². The van der Waals surface area contributed by atoms with Gasteiger partial charge in [0.15, 0.2) is 5.78 Å². The number of phenolic OH excluding ortho intramolecular Hbond substituents is 3. The van der Waals surface area contributed by atoms with E-state index in [0.717, 1.165) is 5.57 Å². The van der Waals surface area contributed by atoms with Gasteiger partial charge in [0, 0.05) is 23.3 Å². The number of fused-ring (bicyclic) bond motifs is 1. The molecule has 2 aromatic rings. The molecule has 1 aliphatic rings. The number of rotatable bonds is 4. The van der Waals surface area contributed by atoms with E-state index in [4.69, 9.17) is 9.47 Å². The number of hydrogen-bond donors (Lipinski definition) is 3. The normalized spacial score (nSPS) is 15.7. The highest BCUT2D eigenvalue weighted by atomic mass is 16.5. The summed E-state index contributed by atoms with van der Waals surface area (Å²) in [7, 11) is 1.48. The second-order valence-electron chi connectivity index (χ2n) is 6.73. The van der Waals surface area contributed by atoms with Gasteiger partial charge in [-0.05, 0) is 26.3 Å². The van der Waals surface area contributed by atoms with Crippen molar-refractivity contribution in [3.63, 3.8) is 0 Å². The molecule has 1 atom stereocenters. The van der Waals surface area contributed by atoms with Crippen LogP contribution in [0.5, 0.6) is 28.7 Å². The molecule has 3 N–H and O–H groups in total. The standard InChI is InChI=1S/C21H22O6/c1-11(2)4-6-14-17(23)9-18-19(20(14)24)21(25)15(10-27-18)13-7-5-12(26-3)8-16(13)22/h4-5,7-9,15,22-24H,6,10H2,1-3H3/t15-/m0/s1. The lowest BCUT2D eigenvalue weighted by molar-refractivity contribution is 0.0889. The van der Waals surface area contributed by atoms with Crippen molar-refractivity contribution in [2.45, 2.75) is 26.2 Å². The molecule has 0 aromatic heterocycles. The largest absolute Gasteiger partial charge is 0.508 e. The minimum atomic E-state index is -0.768. The van der Waals surface area contributed by atoms with Crippen LogP contribution in [0, 0.1) is 0 Å². The van der Waals surface area contributed by atoms with E-state index < -0.39 is 5.92 Å². The molecule has 1 heterocycles. The molecule has 0 unspecified atom stereocenters. The van der Waals surface area contributed by atoms with Crippen molar-refractivity contribution in [2.75, 3.05) is 13.7 Å². The Balaban J connectivity index is 2.04. The molecular formula is C21H22O6. The summed E-state index contributed by atoms with van der Waals surface area (Å²) in [4.78, 5) is 13.1. The van der Waals surface area contributed by atoms with Crippen molar-refractivity contribution in [2.24, 2.45) is 0 Å². The van der Waals surface area contributed by atoms with Crippen molar-refractivity contribution in [1.29, 1.82) is 0 Å². The summed E-state index contributed by atoms with van der Waals surface area (Å²) in [5.74, 6) is -1.02. The zero-order valence-electron chi connectivity index (χ0n) is 15.4. The third kappa shape index (κ3) is 3.43. The number of benzene rings is 2. The number of phenols is 3. The van der Waals surface area contributed by atoms with Crippen LogP contribution in [0.1, 0.15) is 41.3 Å². The average Bonchev–Trinajstić information content (AvgIpc) is 2.61. The number of methoxy groups -OCH3 is 1. The van der Waals surface area contributed by atoms with Crippen molar-refractivity contribution >= 4 is 5.78 Å². The van der Waals surface area contributed by atoms with E-state index in [2.05, 4.69) is 0 Å². The second kappa shape index (κ2) is 7.23. The van der Waals surface area contributed by atoms with Gasteiger partial charge in [0.2, 0.25) is 0 Å². The molecular weight excluding hydrogens is 348 g/mol. The van der Waals surface area contributed by atoms with E-state index in [1.165, 1.54) is 19.2 Å². The van der Waals surface area contributed by atoms with Gasteiger partial charge in [0.25, 0.3) is 0 Å². The van der Waals surface area contributed by atoms with Gasteiger partial charge in [0.05, 0.1) is 13.0 Å². The number of hydrogen-bond acceptors (Lipinski definition) is 6. The van der Waals surface area contributed by atoms with Crippen LogP contribution in [0.15, 0.2) is 35.9 Å². The Morgan fingerprint density at radius 3 is 2.59 bits per heavy atom. The highest BCUT2D eigenvalue weighted by Gasteiger charge is 2.35. The van der Waals surface area contributed by atoms with Crippen molar-refractivity contribution < 1.29 is 29.6 Å². The van der Waals surface area contributed by atoms with Crippen molar-refractivity contribution in [3.8, 4) is 28.7 Å². The zero-order chi connectivity index (χ0) is 19.7. The Kier molecular flexibility index (Phi) is 4.99. The summed E-state index contributed by atoms with van der Waals surface area (Å²) in [5.41, 5.74) is 1.71. The van der Waals surface area contributed by atoms with Crippen molar-refractivity contribution in [1.82, 2.24) is 0 Å². The minimum Gasteiger partial charge on any atom is -0.508 e. The molecule has 2 aromatic carbocycles. The van der Waals surface area contributed by atoms with E-state index in [1.807, 2.05) is 19.9 Å². The van der Waals surface area contributed by atoms with Gasteiger partial charge in [-0.3, -0.25) is 4.79 Å². The van der Waals surface area contributed by atoms with Crippen LogP contribution < -0.4 is 9.47 Å². The Hall–Kier alpha value is -3.15. The molecule has 0 spiro atoms. The Morgan fingerprint density at radius 1 is 1.22 bits per heavy atom. The SMILES string of the molecule is COc1ccc([C@@H]2COc3cc(O)c(CC=C(C)C)c(O)c3C2=O)c(O)c1. The quantitative estimate of drug-likeness (QED) is 0.711. The molecule has 0 fully saturated rings. The molecule has 0 saturated carbocycles. The maximum atomic E-state index is 13.1. The lowest BCUT2D eigenvalue weighted by Gasteiger charge is -2.26. The molecule has 27 heavy (non-hydrogen) atoms. The van der Waals surface area contributed by atoms with Crippen molar-refractivity contribution in [3.05, 3.63) is 52.6 Å². The zero-order valence-corrected chi connectivity index (χ0v) is 15.4. The first-order valence-electron chi connectivity index (χ1n) is 8.58. The molecule has 1 aliphatic heterocycles. The van der Waals surface area contributed by atoms with E-state index in [0.29, 0.717) is 17.7 Å². The number of Topliss-reactive ketones (excluding diaryl/α,β-unsaturated/α-hetero) is 1. The van der Waals surface area contributed by atoms with Gasteiger partial charge in [-0.2, -0.15) is 0 Å². The monoisotopic (exact) mass is 370 g/mol. The first-order chi connectivity index (χ1) is 12.8. The summed E-state index contributed by atoms with van der Waals surface area (Å²) < 4.78 is 10.7. The number of aromatic hydroxyl groups is 3. The summed E-state index contributed by atoms with van der Waals surface area (Å²) in [5, 5.41) is 31.1. The summed E-state index contributed by atoms with van der Waals surface area (Å²) >= 11 is 0. The molecule has 0 aliphatic carbocycles. The fourth-order valence-electron chi connectivity index (χ4n) is 3.13. The van der Waals surface area contributed by atoms with Gasteiger partial charge >= 0.3 is 0 Å². The minimum absolute atomic E-state index is 0.00206. The van der Waals surface area contributed by atoms with Crippen LogP contribution in [0.2, 0.25) is 0 Å². The maximum Gasteiger partial charge on any atom is 0.181 e. The number of carbonyl (C=O) groups excluding carboxylic acids is 1. The first-order valence-corrected chi connectivity index (χ1v) is 8.58. The predicted molar refractivity (Wildman–Crippen MR) is 100 cm³/mol. The molecule has 0 saturated heterocycles. The fraction of sp³-hybridized carbons (Fsp3) is 0.286. The molecule has 6 heteroatoms. The molecule has 0 amide bonds. The predicted octanol–water partition coefficient (Wildman–Crippen LogP) is 3.68. The third-order valence-corrected chi connectivity index (χ3v) is 4.64. The summed E-state index contributed by atoms with van der Waals surface area (Å²) in [6.45, 7) is 3.81. The number of allylic oxidation sites excluding steroid dienone is 2. The molecule has 0 radical (unpaired) electrons. The van der Waals surface area contributed by atoms with E-state index in [1.54, 1.807) is 12.1 Å². The van der Waals surface area contributed by atoms with Gasteiger partial charge in [-0.25, -0.2) is 0 Å². The second-order valence-corrected chi connectivity index (χ2v) is 6.73. The third-order valence-electron chi connectivity index (χ3n) is 4.64. The highest BCUT2D eigenvalue weighted by Crippen LogP contribution is 2.45. The molecule has 6 nitrogen and oxygen atoms in total. The van der Waals surface area contributed by atoms with Gasteiger partial charge in [-0.1, -0.05) is 17.7 Å². The van der Waals surface area contributed by atoms with Gasteiger partial charge in [-0.15, -0.1) is 0 Å². The summed E-state index contributed by atoms with van der Waals surface area (Å²) in [6, 6.07) is 6.03. The van der Waals surface area contributed by atoms with E-state index in [-0.39, 0.29) is 46.5 Å². The van der Waals surface area contributed by atoms with Crippen LogP contribution in [-0.4, -0.2) is 34.8 Å². The molecule has 0 bridgehead atoms. The fourth-order valence-corrected chi connectivity index (χ4v) is 3.13. The van der Waals surface area contributed by atoms with Gasteiger partial charge in [0.1, 0.15) is 40.9 Å². The summed E-state index contributed by atoms with van der Waals surface area (Å²) in [6.07, 6.45) is 2.14. The van der Waals surface area contributed by atoms with Crippen LogP contribution in [0.3, 0.4) is 0 Å². The number of ether oxygens (including phenoxy) is 2. The Labute approximate surface area is 157 Å². The molecule has 3 rings (SSSR count). The Bertz CT molecular complexity index is 925. The van der Waals surface area contributed by atoms with E-state index in [9.17, 15) is 20.1 Å². The van der Waals surface area contributed by atoms with Crippen LogP contribution in [0.4, 0.5) is 0 Å². The lowest BCUT2D eigenvalue weighted by Crippen LogP contribution is -2.26. The average molecular weight is 370 g/mol. The number of carbonyl (C=O) groups is 1. The van der Waals surface area contributed by atoms with Crippen LogP contribution >= 0.6 is 0 Å². The Morgan fingerprint density at radius 2 is 1.96 bits per heavy atom. The van der Waals surface area contributed by atoms with Gasteiger partial charge < -0.3 is 24.8 Å². The van der Waals surface area contributed by atoms with Crippen LogP contribution in [-0.2, 0) is 6.42 Å². The van der Waals surface area contributed by atoms with Crippen LogP contribution in [0.25, 0.3) is 0 Å². The number of ketones is 1. The smallest absolute Gasteiger partial charge is 0.181 e. The maximum absolute atomic E-state index is 13.1. The lowest BCUT2D eigenvalue weighted by atomic mass is 9.86. The highest BCUT2D eigenvalue weighted by molar-refractivity contribution is 6.07. The first kappa shape index (κ1) is 18.6. The molecule has 142 valence electrons.